The number of amides is 1. The lowest BCUT2D eigenvalue weighted by Crippen LogP contribution is -2.22. The van der Waals surface area contributed by atoms with Gasteiger partial charge >= 0.3 is 11.4 Å². The van der Waals surface area contributed by atoms with Gasteiger partial charge in [0.15, 0.2) is 0 Å². The summed E-state index contributed by atoms with van der Waals surface area (Å²) < 4.78 is 0. The highest BCUT2D eigenvalue weighted by Gasteiger charge is 2.25. The van der Waals surface area contributed by atoms with Crippen molar-refractivity contribution in [3.05, 3.63) is 50.9 Å². The smallest absolute Gasteiger partial charge is 0.346 e. The molecule has 8 heteroatoms. The van der Waals surface area contributed by atoms with Gasteiger partial charge in [-0.2, -0.15) is 0 Å². The van der Waals surface area contributed by atoms with Gasteiger partial charge in [0.2, 0.25) is 0 Å². The van der Waals surface area contributed by atoms with Crippen molar-refractivity contribution in [2.45, 2.75) is 0 Å². The fourth-order valence-electron chi connectivity index (χ4n) is 1.18. The largest absolute Gasteiger partial charge is 0.352 e. The molecule has 0 aliphatic rings. The molecule has 1 radical (unpaired) electrons. The molecule has 1 rings (SSSR count). The molecule has 0 saturated heterocycles. The SMILES string of the molecule is [CH2]CNC(=O)c1ccc([N+](=O)[O-])c([N+](=O)[O-])c1. The van der Waals surface area contributed by atoms with Crippen LogP contribution in [-0.2, 0) is 0 Å². The fraction of sp³-hybridized carbons (Fsp3) is 0.111. The van der Waals surface area contributed by atoms with Crippen LogP contribution in [0.4, 0.5) is 11.4 Å². The summed E-state index contributed by atoms with van der Waals surface area (Å²) in [6.45, 7) is 3.50. The quantitative estimate of drug-likeness (QED) is 0.622. The number of carbonyl (C=O) groups is 1. The van der Waals surface area contributed by atoms with Gasteiger partial charge in [0.05, 0.1) is 9.85 Å². The molecule has 1 amide bonds. The van der Waals surface area contributed by atoms with Crippen molar-refractivity contribution in [2.75, 3.05) is 6.54 Å². The highest BCUT2D eigenvalue weighted by Crippen LogP contribution is 2.27. The maximum atomic E-state index is 11.4. The molecule has 89 valence electrons. The number of carbonyl (C=O) groups excluding carboxylic acids is 1. The summed E-state index contributed by atoms with van der Waals surface area (Å²) in [4.78, 5) is 30.7. The van der Waals surface area contributed by atoms with E-state index in [0.717, 1.165) is 18.2 Å². The third kappa shape index (κ3) is 2.74. The number of nitro groups is 2. The first kappa shape index (κ1) is 12.6. The van der Waals surface area contributed by atoms with Crippen LogP contribution in [0.2, 0.25) is 0 Å². The van der Waals surface area contributed by atoms with Crippen LogP contribution >= 0.6 is 0 Å². The molecule has 1 N–H and O–H groups in total. The highest BCUT2D eigenvalue weighted by molar-refractivity contribution is 5.95. The molecule has 0 bridgehead atoms. The summed E-state index contributed by atoms with van der Waals surface area (Å²) in [5, 5.41) is 23.5. The molecule has 1 aromatic carbocycles. The van der Waals surface area contributed by atoms with E-state index in [1.807, 2.05) is 0 Å². The molecule has 0 aromatic heterocycles. The summed E-state index contributed by atoms with van der Waals surface area (Å²) in [6, 6.07) is 2.94. The summed E-state index contributed by atoms with van der Waals surface area (Å²) in [6.07, 6.45) is 0. The normalized spacial score (nSPS) is 9.71. The van der Waals surface area contributed by atoms with E-state index >= 15 is 0 Å². The third-order valence-electron chi connectivity index (χ3n) is 1.92. The average Bonchev–Trinajstić information content (AvgIpc) is 2.28. The van der Waals surface area contributed by atoms with E-state index in [-0.39, 0.29) is 12.1 Å². The van der Waals surface area contributed by atoms with Crippen LogP contribution in [0.15, 0.2) is 18.2 Å². The summed E-state index contributed by atoms with van der Waals surface area (Å²) in [7, 11) is 0. The molecular formula is C9H8N3O5. The van der Waals surface area contributed by atoms with Gasteiger partial charge in [0.1, 0.15) is 0 Å². The summed E-state index contributed by atoms with van der Waals surface area (Å²) >= 11 is 0. The molecule has 8 nitrogen and oxygen atoms in total. The first-order valence-corrected chi connectivity index (χ1v) is 4.47. The fourth-order valence-corrected chi connectivity index (χ4v) is 1.18. The van der Waals surface area contributed by atoms with E-state index in [1.54, 1.807) is 0 Å². The van der Waals surface area contributed by atoms with Crippen molar-refractivity contribution in [3.8, 4) is 0 Å². The van der Waals surface area contributed by atoms with E-state index in [1.165, 1.54) is 0 Å². The number of rotatable bonds is 4. The van der Waals surface area contributed by atoms with Gasteiger partial charge in [-0.05, 0) is 13.0 Å². The average molecular weight is 238 g/mol. The Bertz CT molecular complexity index is 486. The molecule has 0 aliphatic carbocycles. The molecule has 0 fully saturated rings. The van der Waals surface area contributed by atoms with Crippen molar-refractivity contribution in [3.63, 3.8) is 0 Å². The van der Waals surface area contributed by atoms with Crippen LogP contribution in [0.25, 0.3) is 0 Å². The van der Waals surface area contributed by atoms with Crippen LogP contribution in [0.5, 0.6) is 0 Å². The van der Waals surface area contributed by atoms with E-state index in [0.29, 0.717) is 0 Å². The van der Waals surface area contributed by atoms with Crippen molar-refractivity contribution in [2.24, 2.45) is 0 Å². The Morgan fingerprint density at radius 2 is 1.82 bits per heavy atom. The monoisotopic (exact) mass is 238 g/mol. The van der Waals surface area contributed by atoms with Crippen LogP contribution in [-0.4, -0.2) is 22.3 Å². The second-order valence-electron chi connectivity index (χ2n) is 2.97. The molecule has 0 aliphatic heterocycles. The lowest BCUT2D eigenvalue weighted by molar-refractivity contribution is -0.422. The van der Waals surface area contributed by atoms with Gasteiger partial charge in [-0.15, -0.1) is 0 Å². The Hall–Kier alpha value is -2.51. The first-order valence-electron chi connectivity index (χ1n) is 4.47. The molecule has 0 heterocycles. The third-order valence-corrected chi connectivity index (χ3v) is 1.92. The summed E-state index contributed by atoms with van der Waals surface area (Å²) in [5.74, 6) is -0.571. The van der Waals surface area contributed by atoms with Crippen LogP contribution in [0.3, 0.4) is 0 Å². The highest BCUT2D eigenvalue weighted by atomic mass is 16.6. The Balaban J connectivity index is 3.23. The van der Waals surface area contributed by atoms with Crippen molar-refractivity contribution in [1.82, 2.24) is 5.32 Å². The molecule has 0 saturated carbocycles. The standard InChI is InChI=1S/C9H8N3O5/c1-2-10-9(13)6-3-4-7(11(14)15)8(5-6)12(16)17/h3-5H,1-2H2,(H,10,13). The predicted octanol–water partition coefficient (Wildman–Crippen LogP) is 1.07. The first-order chi connectivity index (χ1) is 7.97. The number of hydrogen-bond donors (Lipinski definition) is 1. The maximum absolute atomic E-state index is 11.4. The lowest BCUT2D eigenvalue weighted by atomic mass is 10.1. The van der Waals surface area contributed by atoms with Gasteiger partial charge in [-0.25, -0.2) is 0 Å². The number of nitrogens with zero attached hydrogens (tertiary/aromatic N) is 2. The minimum atomic E-state index is -0.904. The van der Waals surface area contributed by atoms with Crippen LogP contribution in [0, 0.1) is 27.2 Å². The minimum Gasteiger partial charge on any atom is -0.352 e. The predicted molar refractivity (Wildman–Crippen MR) is 57.4 cm³/mol. The van der Waals surface area contributed by atoms with E-state index in [2.05, 4.69) is 12.2 Å². The molecule has 0 atom stereocenters. The zero-order chi connectivity index (χ0) is 13.0. The van der Waals surface area contributed by atoms with Crippen molar-refractivity contribution < 1.29 is 14.6 Å². The Kier molecular flexibility index (Phi) is 3.70. The van der Waals surface area contributed by atoms with Gasteiger partial charge < -0.3 is 5.32 Å². The topological polar surface area (TPSA) is 115 Å². The Morgan fingerprint density at radius 3 is 2.29 bits per heavy atom. The maximum Gasteiger partial charge on any atom is 0.346 e. The van der Waals surface area contributed by atoms with Crippen LogP contribution < -0.4 is 5.32 Å². The second kappa shape index (κ2) is 5.01. The molecule has 0 spiro atoms. The Labute approximate surface area is 95.5 Å². The Morgan fingerprint density at radius 1 is 1.24 bits per heavy atom. The molecule has 1 aromatic rings. The molecule has 17 heavy (non-hydrogen) atoms. The van der Waals surface area contributed by atoms with Crippen molar-refractivity contribution >= 4 is 17.3 Å². The second-order valence-corrected chi connectivity index (χ2v) is 2.97. The van der Waals surface area contributed by atoms with Gasteiger partial charge in [0.25, 0.3) is 5.91 Å². The van der Waals surface area contributed by atoms with Gasteiger partial charge in [-0.1, -0.05) is 0 Å². The van der Waals surface area contributed by atoms with Gasteiger partial charge in [0, 0.05) is 24.2 Å². The van der Waals surface area contributed by atoms with E-state index in [9.17, 15) is 25.0 Å². The van der Waals surface area contributed by atoms with Crippen molar-refractivity contribution in [1.29, 1.82) is 0 Å². The lowest BCUT2D eigenvalue weighted by Gasteiger charge is -2.01. The number of nitro benzene ring substituents is 2. The zero-order valence-corrected chi connectivity index (χ0v) is 8.58. The summed E-state index contributed by atoms with van der Waals surface area (Å²) in [5.41, 5.74) is -1.39. The number of hydrogen-bond acceptors (Lipinski definition) is 5. The van der Waals surface area contributed by atoms with E-state index in [4.69, 9.17) is 0 Å². The van der Waals surface area contributed by atoms with Gasteiger partial charge in [-0.3, -0.25) is 25.0 Å². The minimum absolute atomic E-state index is 0.0223. The molecular weight excluding hydrogens is 230 g/mol. The zero-order valence-electron chi connectivity index (χ0n) is 8.58. The van der Waals surface area contributed by atoms with Crippen LogP contribution in [0.1, 0.15) is 10.4 Å². The van der Waals surface area contributed by atoms with E-state index < -0.39 is 27.1 Å². The molecule has 0 unspecified atom stereocenters. The number of benzene rings is 1. The number of nitrogens with one attached hydrogen (secondary N) is 1.